The van der Waals surface area contributed by atoms with Crippen LogP contribution in [0.25, 0.3) is 10.2 Å². The molecule has 0 spiro atoms. The minimum Gasteiger partial charge on any atom is -0.354 e. The van der Waals surface area contributed by atoms with Crippen LogP contribution in [0.5, 0.6) is 0 Å². The minimum absolute atomic E-state index is 0.150. The van der Waals surface area contributed by atoms with Gasteiger partial charge in [0.2, 0.25) is 0 Å². The lowest BCUT2D eigenvalue weighted by Gasteiger charge is -2.19. The summed E-state index contributed by atoms with van der Waals surface area (Å²) in [6, 6.07) is 6.46. The van der Waals surface area contributed by atoms with E-state index < -0.39 is 0 Å². The van der Waals surface area contributed by atoms with Crippen molar-refractivity contribution in [3.05, 3.63) is 23.8 Å². The van der Waals surface area contributed by atoms with E-state index in [2.05, 4.69) is 43.9 Å². The van der Waals surface area contributed by atoms with Gasteiger partial charge in [-0.2, -0.15) is 0 Å². The summed E-state index contributed by atoms with van der Waals surface area (Å²) in [5.41, 5.74) is 2.63. The molecule has 0 atom stereocenters. The van der Waals surface area contributed by atoms with Gasteiger partial charge in [0.1, 0.15) is 0 Å². The third-order valence-electron chi connectivity index (χ3n) is 2.60. The number of para-hydroxylation sites is 1. The van der Waals surface area contributed by atoms with E-state index in [1.807, 2.05) is 14.1 Å². The van der Waals surface area contributed by atoms with E-state index in [-0.39, 0.29) is 5.41 Å². The molecule has 0 saturated carbocycles. The summed E-state index contributed by atoms with van der Waals surface area (Å²) in [6.45, 7) is 6.70. The first-order chi connectivity index (χ1) is 7.39. The van der Waals surface area contributed by atoms with E-state index in [0.29, 0.717) is 0 Å². The van der Waals surface area contributed by atoms with E-state index in [1.165, 1.54) is 10.3 Å². The number of nitrogens with zero attached hydrogens (tertiary/aromatic N) is 2. The molecule has 0 saturated heterocycles. The van der Waals surface area contributed by atoms with Crippen molar-refractivity contribution in [2.75, 3.05) is 19.0 Å². The van der Waals surface area contributed by atoms with Crippen LogP contribution in [0.4, 0.5) is 5.13 Å². The lowest BCUT2D eigenvalue weighted by atomic mass is 9.86. The zero-order chi connectivity index (χ0) is 11.9. The van der Waals surface area contributed by atoms with Crippen molar-refractivity contribution in [1.82, 2.24) is 4.98 Å². The van der Waals surface area contributed by atoms with E-state index in [4.69, 9.17) is 4.98 Å². The van der Waals surface area contributed by atoms with Crippen molar-refractivity contribution >= 4 is 26.7 Å². The molecule has 86 valence electrons. The van der Waals surface area contributed by atoms with Gasteiger partial charge in [-0.1, -0.05) is 44.2 Å². The van der Waals surface area contributed by atoms with Gasteiger partial charge in [0.05, 0.1) is 10.2 Å². The molecule has 0 fully saturated rings. The largest absolute Gasteiger partial charge is 0.354 e. The molecule has 3 heteroatoms. The molecular formula is C13H18N2S. The number of anilines is 1. The second-order valence-corrected chi connectivity index (χ2v) is 6.30. The lowest BCUT2D eigenvalue weighted by molar-refractivity contribution is 0.595. The first-order valence-corrected chi connectivity index (χ1v) is 6.28. The number of thiazole rings is 1. The summed E-state index contributed by atoms with van der Waals surface area (Å²) < 4.78 is 1.27. The van der Waals surface area contributed by atoms with Crippen molar-refractivity contribution in [2.24, 2.45) is 0 Å². The topological polar surface area (TPSA) is 16.1 Å². The lowest BCUT2D eigenvalue weighted by Crippen LogP contribution is -2.12. The van der Waals surface area contributed by atoms with Crippen LogP contribution in [0, 0.1) is 0 Å². The summed E-state index contributed by atoms with van der Waals surface area (Å²) in [5.74, 6) is 0. The van der Waals surface area contributed by atoms with Crippen LogP contribution >= 0.6 is 11.3 Å². The van der Waals surface area contributed by atoms with E-state index in [0.717, 1.165) is 10.6 Å². The molecule has 1 heterocycles. The Morgan fingerprint density at radius 3 is 2.44 bits per heavy atom. The molecule has 1 aromatic carbocycles. The fourth-order valence-corrected chi connectivity index (χ4v) is 2.65. The Balaban J connectivity index is 2.68. The monoisotopic (exact) mass is 234 g/mol. The molecule has 0 radical (unpaired) electrons. The Labute approximate surface area is 101 Å². The maximum Gasteiger partial charge on any atom is 0.185 e. The fourth-order valence-electron chi connectivity index (χ4n) is 1.73. The molecule has 16 heavy (non-hydrogen) atoms. The van der Waals surface area contributed by atoms with E-state index in [1.54, 1.807) is 11.3 Å². The summed E-state index contributed by atoms with van der Waals surface area (Å²) in [6.07, 6.45) is 0. The van der Waals surface area contributed by atoms with Crippen molar-refractivity contribution < 1.29 is 0 Å². The zero-order valence-electron chi connectivity index (χ0n) is 10.5. The SMILES string of the molecule is CN(C)c1nc2c(C(C)(C)C)cccc2s1. The molecule has 2 nitrogen and oxygen atoms in total. The molecule has 0 aliphatic rings. The Bertz CT molecular complexity index is 506. The molecule has 0 unspecified atom stereocenters. The smallest absolute Gasteiger partial charge is 0.185 e. The predicted octanol–water partition coefficient (Wildman–Crippen LogP) is 3.66. The van der Waals surface area contributed by atoms with Gasteiger partial charge >= 0.3 is 0 Å². The third kappa shape index (κ3) is 1.92. The van der Waals surface area contributed by atoms with Crippen molar-refractivity contribution in [3.8, 4) is 0 Å². The minimum atomic E-state index is 0.150. The standard InChI is InChI=1S/C13H18N2S/c1-13(2,3)9-7-6-8-10-11(9)14-12(16-10)15(4)5/h6-8H,1-5H3. The molecule has 0 aliphatic carbocycles. The highest BCUT2D eigenvalue weighted by Crippen LogP contribution is 2.34. The van der Waals surface area contributed by atoms with Gasteiger partial charge in [-0.3, -0.25) is 0 Å². The average Bonchev–Trinajstić information content (AvgIpc) is 2.58. The highest BCUT2D eigenvalue weighted by molar-refractivity contribution is 7.22. The number of fused-ring (bicyclic) bond motifs is 1. The summed E-state index contributed by atoms with van der Waals surface area (Å²) >= 11 is 1.75. The highest BCUT2D eigenvalue weighted by atomic mass is 32.1. The molecule has 0 bridgehead atoms. The zero-order valence-corrected chi connectivity index (χ0v) is 11.4. The van der Waals surface area contributed by atoms with Gasteiger partial charge in [-0.15, -0.1) is 0 Å². The Kier molecular flexibility index (Phi) is 2.66. The maximum atomic E-state index is 4.72. The van der Waals surface area contributed by atoms with E-state index >= 15 is 0 Å². The van der Waals surface area contributed by atoms with Gasteiger partial charge in [0.15, 0.2) is 5.13 Å². The van der Waals surface area contributed by atoms with Crippen LogP contribution in [0.1, 0.15) is 26.3 Å². The molecule has 0 aliphatic heterocycles. The van der Waals surface area contributed by atoms with Gasteiger partial charge in [-0.05, 0) is 17.0 Å². The number of benzene rings is 1. The molecule has 0 N–H and O–H groups in total. The molecular weight excluding hydrogens is 216 g/mol. The van der Waals surface area contributed by atoms with Crippen LogP contribution in [-0.4, -0.2) is 19.1 Å². The quantitative estimate of drug-likeness (QED) is 0.748. The summed E-state index contributed by atoms with van der Waals surface area (Å²) in [7, 11) is 4.07. The Morgan fingerprint density at radius 1 is 1.19 bits per heavy atom. The second-order valence-electron chi connectivity index (χ2n) is 5.29. The average molecular weight is 234 g/mol. The first kappa shape index (κ1) is 11.4. The number of hydrogen-bond acceptors (Lipinski definition) is 3. The van der Waals surface area contributed by atoms with Crippen LogP contribution < -0.4 is 4.90 Å². The third-order valence-corrected chi connectivity index (χ3v) is 3.79. The molecule has 2 rings (SSSR count). The first-order valence-electron chi connectivity index (χ1n) is 5.47. The molecule has 2 aromatic rings. The number of hydrogen-bond donors (Lipinski definition) is 0. The maximum absolute atomic E-state index is 4.72. The normalized spacial score (nSPS) is 12.1. The fraction of sp³-hybridized carbons (Fsp3) is 0.462. The van der Waals surface area contributed by atoms with Crippen LogP contribution in [-0.2, 0) is 5.41 Å². The van der Waals surface area contributed by atoms with Gasteiger partial charge in [-0.25, -0.2) is 4.98 Å². The molecule has 0 amide bonds. The Hall–Kier alpha value is -1.09. The van der Waals surface area contributed by atoms with Gasteiger partial charge in [0.25, 0.3) is 0 Å². The van der Waals surface area contributed by atoms with Crippen molar-refractivity contribution in [1.29, 1.82) is 0 Å². The van der Waals surface area contributed by atoms with Crippen LogP contribution in [0.15, 0.2) is 18.2 Å². The number of rotatable bonds is 1. The molecule has 1 aromatic heterocycles. The second kappa shape index (κ2) is 3.74. The van der Waals surface area contributed by atoms with Gasteiger partial charge < -0.3 is 4.90 Å². The summed E-state index contributed by atoms with van der Waals surface area (Å²) in [5, 5.41) is 1.08. The van der Waals surface area contributed by atoms with Crippen LogP contribution in [0.2, 0.25) is 0 Å². The predicted molar refractivity (Wildman–Crippen MR) is 72.6 cm³/mol. The number of aromatic nitrogens is 1. The van der Waals surface area contributed by atoms with E-state index in [9.17, 15) is 0 Å². The van der Waals surface area contributed by atoms with Crippen molar-refractivity contribution in [2.45, 2.75) is 26.2 Å². The van der Waals surface area contributed by atoms with Crippen molar-refractivity contribution in [3.63, 3.8) is 0 Å². The van der Waals surface area contributed by atoms with Gasteiger partial charge in [0, 0.05) is 14.1 Å². The summed E-state index contributed by atoms with van der Waals surface area (Å²) in [4.78, 5) is 6.79. The Morgan fingerprint density at radius 2 is 1.88 bits per heavy atom. The van der Waals surface area contributed by atoms with Crippen LogP contribution in [0.3, 0.4) is 0 Å². The highest BCUT2D eigenvalue weighted by Gasteiger charge is 2.19.